The number of benzene rings is 1. The third-order valence-electron chi connectivity index (χ3n) is 3.64. The summed E-state index contributed by atoms with van der Waals surface area (Å²) in [5.41, 5.74) is -0.225. The fraction of sp³-hybridized carbons (Fsp3) is 0.429. The van der Waals surface area contributed by atoms with Gasteiger partial charge in [-0.15, -0.1) is 0 Å². The monoisotopic (exact) mass is 265 g/mol. The molecule has 0 radical (unpaired) electrons. The van der Waals surface area contributed by atoms with Crippen molar-refractivity contribution in [3.63, 3.8) is 0 Å². The molecule has 0 saturated heterocycles. The Morgan fingerprint density at radius 2 is 1.95 bits per heavy atom. The Kier molecular flexibility index (Phi) is 3.83. The van der Waals surface area contributed by atoms with E-state index in [2.05, 4.69) is 0 Å². The van der Waals surface area contributed by atoms with E-state index in [4.69, 9.17) is 5.11 Å². The van der Waals surface area contributed by atoms with E-state index in [1.165, 1.54) is 12.1 Å². The number of carboxylic acid groups (broad SMARTS) is 1. The van der Waals surface area contributed by atoms with Crippen molar-refractivity contribution in [3.8, 4) is 0 Å². The summed E-state index contributed by atoms with van der Waals surface area (Å²) in [6, 6.07) is 3.54. The van der Waals surface area contributed by atoms with Crippen LogP contribution in [0.3, 0.4) is 0 Å². The number of hydrogen-bond acceptors (Lipinski definition) is 2. The van der Waals surface area contributed by atoms with Gasteiger partial charge in [-0.2, -0.15) is 0 Å². The standard InChI is InChI=1S/C14H16FNO3/c1-16(10-4-2-3-5-10)13(17)11-7-6-9(14(18)19)8-12(11)15/h6-8,10H,2-5H2,1H3,(H,18,19). The van der Waals surface area contributed by atoms with Crippen LogP contribution in [0, 0.1) is 5.82 Å². The highest BCUT2D eigenvalue weighted by molar-refractivity contribution is 5.96. The molecule has 102 valence electrons. The van der Waals surface area contributed by atoms with E-state index in [-0.39, 0.29) is 23.1 Å². The number of aromatic carboxylic acids is 1. The van der Waals surface area contributed by atoms with Crippen LogP contribution >= 0.6 is 0 Å². The molecule has 4 nitrogen and oxygen atoms in total. The first-order valence-corrected chi connectivity index (χ1v) is 6.30. The second kappa shape index (κ2) is 5.38. The lowest BCUT2D eigenvalue weighted by molar-refractivity contribution is 0.0690. The van der Waals surface area contributed by atoms with Crippen LogP contribution in [0.5, 0.6) is 0 Å². The maximum atomic E-state index is 13.8. The number of carbonyl (C=O) groups excluding carboxylic acids is 1. The van der Waals surface area contributed by atoms with Gasteiger partial charge in [0.05, 0.1) is 11.1 Å². The number of carbonyl (C=O) groups is 2. The van der Waals surface area contributed by atoms with E-state index >= 15 is 0 Å². The van der Waals surface area contributed by atoms with Gasteiger partial charge in [0.25, 0.3) is 5.91 Å². The zero-order valence-corrected chi connectivity index (χ0v) is 10.7. The van der Waals surface area contributed by atoms with Crippen molar-refractivity contribution in [1.29, 1.82) is 0 Å². The number of amides is 1. The molecule has 0 aliphatic heterocycles. The van der Waals surface area contributed by atoms with Crippen molar-refractivity contribution in [3.05, 3.63) is 35.1 Å². The summed E-state index contributed by atoms with van der Waals surface area (Å²) in [4.78, 5) is 24.4. The first-order chi connectivity index (χ1) is 9.00. The van der Waals surface area contributed by atoms with E-state index in [1.54, 1.807) is 11.9 Å². The van der Waals surface area contributed by atoms with Gasteiger partial charge in [0.1, 0.15) is 5.82 Å². The van der Waals surface area contributed by atoms with Crippen LogP contribution in [0.2, 0.25) is 0 Å². The highest BCUT2D eigenvalue weighted by Gasteiger charge is 2.26. The van der Waals surface area contributed by atoms with E-state index in [9.17, 15) is 14.0 Å². The van der Waals surface area contributed by atoms with Gasteiger partial charge in [-0.05, 0) is 31.0 Å². The second-order valence-electron chi connectivity index (χ2n) is 4.85. The van der Waals surface area contributed by atoms with Crippen molar-refractivity contribution in [2.45, 2.75) is 31.7 Å². The van der Waals surface area contributed by atoms with Crippen LogP contribution in [-0.2, 0) is 0 Å². The third kappa shape index (κ3) is 2.75. The van der Waals surface area contributed by atoms with Crippen LogP contribution in [0.15, 0.2) is 18.2 Å². The van der Waals surface area contributed by atoms with Gasteiger partial charge in [0.15, 0.2) is 0 Å². The predicted octanol–water partition coefficient (Wildman–Crippen LogP) is 2.54. The molecule has 5 heteroatoms. The molecule has 0 atom stereocenters. The first-order valence-electron chi connectivity index (χ1n) is 6.30. The molecule has 1 amide bonds. The minimum absolute atomic E-state index is 0.0700. The molecule has 0 heterocycles. The Bertz CT molecular complexity index is 509. The molecule has 1 saturated carbocycles. The Hall–Kier alpha value is -1.91. The van der Waals surface area contributed by atoms with Crippen molar-refractivity contribution in [2.75, 3.05) is 7.05 Å². The summed E-state index contributed by atoms with van der Waals surface area (Å²) < 4.78 is 13.8. The average molecular weight is 265 g/mol. The number of carboxylic acids is 1. The van der Waals surface area contributed by atoms with Gasteiger partial charge in [-0.3, -0.25) is 4.79 Å². The second-order valence-corrected chi connectivity index (χ2v) is 4.85. The van der Waals surface area contributed by atoms with Gasteiger partial charge in [-0.25, -0.2) is 9.18 Å². The number of halogens is 1. The molecule has 1 aliphatic carbocycles. The molecule has 1 N–H and O–H groups in total. The Labute approximate surface area is 110 Å². The molecule has 1 aliphatic rings. The molecule has 1 aromatic rings. The molecule has 1 fully saturated rings. The molecule has 0 bridgehead atoms. The van der Waals surface area contributed by atoms with Gasteiger partial charge >= 0.3 is 5.97 Å². The highest BCUT2D eigenvalue weighted by atomic mass is 19.1. The van der Waals surface area contributed by atoms with Crippen LogP contribution in [0.1, 0.15) is 46.4 Å². The summed E-state index contributed by atoms with van der Waals surface area (Å²) >= 11 is 0. The molecule has 0 aromatic heterocycles. The maximum Gasteiger partial charge on any atom is 0.335 e. The smallest absolute Gasteiger partial charge is 0.335 e. The van der Waals surface area contributed by atoms with Gasteiger partial charge < -0.3 is 10.0 Å². The fourth-order valence-corrected chi connectivity index (χ4v) is 2.47. The molecule has 0 unspecified atom stereocenters. The zero-order valence-electron chi connectivity index (χ0n) is 10.7. The largest absolute Gasteiger partial charge is 0.478 e. The maximum absolute atomic E-state index is 13.8. The van der Waals surface area contributed by atoms with E-state index in [1.807, 2.05) is 0 Å². The van der Waals surface area contributed by atoms with E-state index in [0.717, 1.165) is 31.7 Å². The summed E-state index contributed by atoms with van der Waals surface area (Å²) in [6.07, 6.45) is 4.06. The van der Waals surface area contributed by atoms with Crippen LogP contribution < -0.4 is 0 Å². The van der Waals surface area contributed by atoms with Crippen molar-refractivity contribution in [2.24, 2.45) is 0 Å². The lowest BCUT2D eigenvalue weighted by atomic mass is 10.1. The van der Waals surface area contributed by atoms with Crippen LogP contribution in [0.4, 0.5) is 4.39 Å². The SMILES string of the molecule is CN(C(=O)c1ccc(C(=O)O)cc1F)C1CCCC1. The fourth-order valence-electron chi connectivity index (χ4n) is 2.47. The van der Waals surface area contributed by atoms with Crippen molar-refractivity contribution < 1.29 is 19.1 Å². The molecular formula is C14H16FNO3. The van der Waals surface area contributed by atoms with Gasteiger partial charge in [0.2, 0.25) is 0 Å². The average Bonchev–Trinajstić information content (AvgIpc) is 2.90. The lowest BCUT2D eigenvalue weighted by Crippen LogP contribution is -2.35. The normalized spacial score (nSPS) is 15.5. The quantitative estimate of drug-likeness (QED) is 0.913. The summed E-state index contributed by atoms with van der Waals surface area (Å²) in [5.74, 6) is -2.38. The lowest BCUT2D eigenvalue weighted by Gasteiger charge is -2.24. The van der Waals surface area contributed by atoms with E-state index < -0.39 is 11.8 Å². The predicted molar refractivity (Wildman–Crippen MR) is 67.7 cm³/mol. The van der Waals surface area contributed by atoms with Crippen LogP contribution in [-0.4, -0.2) is 35.0 Å². The van der Waals surface area contributed by atoms with Gasteiger partial charge in [0, 0.05) is 13.1 Å². The minimum atomic E-state index is -1.21. The molecular weight excluding hydrogens is 249 g/mol. The first kappa shape index (κ1) is 13.5. The number of rotatable bonds is 3. The minimum Gasteiger partial charge on any atom is -0.478 e. The molecule has 0 spiro atoms. The van der Waals surface area contributed by atoms with Gasteiger partial charge in [-0.1, -0.05) is 12.8 Å². The summed E-state index contributed by atoms with van der Waals surface area (Å²) in [6.45, 7) is 0. The Morgan fingerprint density at radius 3 is 2.47 bits per heavy atom. The molecule has 19 heavy (non-hydrogen) atoms. The highest BCUT2D eigenvalue weighted by Crippen LogP contribution is 2.24. The zero-order chi connectivity index (χ0) is 14.0. The van der Waals surface area contributed by atoms with Crippen molar-refractivity contribution >= 4 is 11.9 Å². The number of hydrogen-bond donors (Lipinski definition) is 1. The van der Waals surface area contributed by atoms with Crippen LogP contribution in [0.25, 0.3) is 0 Å². The van der Waals surface area contributed by atoms with E-state index in [0.29, 0.717) is 0 Å². The number of nitrogens with zero attached hydrogens (tertiary/aromatic N) is 1. The molecule has 2 rings (SSSR count). The molecule has 1 aromatic carbocycles. The van der Waals surface area contributed by atoms with Crippen molar-refractivity contribution in [1.82, 2.24) is 4.90 Å². The Morgan fingerprint density at radius 1 is 1.32 bits per heavy atom. The topological polar surface area (TPSA) is 57.6 Å². The third-order valence-corrected chi connectivity index (χ3v) is 3.64. The Balaban J connectivity index is 2.21. The summed E-state index contributed by atoms with van der Waals surface area (Å²) in [5, 5.41) is 8.76. The summed E-state index contributed by atoms with van der Waals surface area (Å²) in [7, 11) is 1.67.